The van der Waals surface area contributed by atoms with Gasteiger partial charge < -0.3 is 19.6 Å². The van der Waals surface area contributed by atoms with Gasteiger partial charge in [-0.3, -0.25) is 14.6 Å². The summed E-state index contributed by atoms with van der Waals surface area (Å²) in [5, 5.41) is 9.92. The van der Waals surface area contributed by atoms with Crippen LogP contribution in [0.25, 0.3) is 0 Å². The van der Waals surface area contributed by atoms with Crippen LogP contribution >= 0.6 is 0 Å². The van der Waals surface area contributed by atoms with Gasteiger partial charge >= 0.3 is 0 Å². The normalized spacial score (nSPS) is 31.7. The van der Waals surface area contributed by atoms with Crippen LogP contribution in [-0.2, 0) is 9.53 Å². The molecule has 4 rings (SSSR count). The van der Waals surface area contributed by atoms with Crippen molar-refractivity contribution >= 4 is 11.8 Å². The molecule has 3 aliphatic rings. The number of amides is 2. The lowest BCUT2D eigenvalue weighted by Gasteiger charge is -2.34. The molecule has 0 saturated carbocycles. The van der Waals surface area contributed by atoms with Crippen molar-refractivity contribution in [3.8, 4) is 5.75 Å². The van der Waals surface area contributed by atoms with Crippen LogP contribution in [-0.4, -0.2) is 62.7 Å². The number of nitrogens with zero attached hydrogens (tertiary/aromatic N) is 3. The van der Waals surface area contributed by atoms with E-state index in [1.165, 1.54) is 18.5 Å². The number of rotatable bonds is 2. The van der Waals surface area contributed by atoms with Crippen LogP contribution in [0, 0.1) is 5.92 Å². The Morgan fingerprint density at radius 1 is 1.50 bits per heavy atom. The average molecular weight is 331 g/mol. The Hall–Kier alpha value is -2.15. The van der Waals surface area contributed by atoms with Crippen LogP contribution in [0.5, 0.6) is 5.75 Å². The van der Waals surface area contributed by atoms with Gasteiger partial charge in [-0.1, -0.05) is 13.8 Å². The summed E-state index contributed by atoms with van der Waals surface area (Å²) in [5.74, 6) is -0.0613. The molecule has 0 aromatic carbocycles. The van der Waals surface area contributed by atoms with Crippen molar-refractivity contribution in [3.63, 3.8) is 0 Å². The molecule has 1 aromatic heterocycles. The molecule has 7 nitrogen and oxygen atoms in total. The van der Waals surface area contributed by atoms with Gasteiger partial charge in [-0.25, -0.2) is 0 Å². The second kappa shape index (κ2) is 5.17. The maximum absolute atomic E-state index is 12.9. The lowest BCUT2D eigenvalue weighted by Crippen LogP contribution is -2.51. The molecule has 3 fully saturated rings. The van der Waals surface area contributed by atoms with E-state index in [0.29, 0.717) is 25.5 Å². The second-order valence-corrected chi connectivity index (χ2v) is 7.09. The first-order chi connectivity index (χ1) is 11.5. The predicted octanol–water partition coefficient (Wildman–Crippen LogP) is 0.985. The van der Waals surface area contributed by atoms with Gasteiger partial charge in [0.2, 0.25) is 5.91 Å². The van der Waals surface area contributed by atoms with E-state index >= 15 is 0 Å². The third-order valence-electron chi connectivity index (χ3n) is 5.55. The van der Waals surface area contributed by atoms with Gasteiger partial charge in [0, 0.05) is 19.2 Å². The number of carbonyl (C=O) groups excluding carboxylic acids is 2. The maximum atomic E-state index is 12.9. The molecule has 0 radical (unpaired) electrons. The topological polar surface area (TPSA) is 83.0 Å². The fourth-order valence-electron chi connectivity index (χ4n) is 4.34. The average Bonchev–Trinajstić information content (AvgIpc) is 3.16. The van der Waals surface area contributed by atoms with Gasteiger partial charge in [0.15, 0.2) is 5.72 Å². The van der Waals surface area contributed by atoms with E-state index in [4.69, 9.17) is 4.74 Å². The summed E-state index contributed by atoms with van der Waals surface area (Å²) in [6, 6.07) is 1.27. The first kappa shape index (κ1) is 15.4. The molecule has 4 heterocycles. The van der Waals surface area contributed by atoms with Gasteiger partial charge in [0.1, 0.15) is 5.75 Å². The molecule has 0 aliphatic carbocycles. The predicted molar refractivity (Wildman–Crippen MR) is 84.1 cm³/mol. The molecular formula is C17H21N3O4. The Bertz CT molecular complexity index is 707. The van der Waals surface area contributed by atoms with Crippen molar-refractivity contribution in [2.75, 3.05) is 13.2 Å². The van der Waals surface area contributed by atoms with E-state index in [0.717, 1.165) is 0 Å². The largest absolute Gasteiger partial charge is 0.505 e. The third kappa shape index (κ3) is 1.90. The van der Waals surface area contributed by atoms with Crippen LogP contribution in [0.2, 0.25) is 0 Å². The molecule has 3 atom stereocenters. The summed E-state index contributed by atoms with van der Waals surface area (Å²) in [4.78, 5) is 32.8. The highest BCUT2D eigenvalue weighted by atomic mass is 16.5. The molecule has 1 N–H and O–H groups in total. The summed E-state index contributed by atoms with van der Waals surface area (Å²) in [5.41, 5.74) is -0.476. The highest BCUT2D eigenvalue weighted by Gasteiger charge is 2.65. The third-order valence-corrected chi connectivity index (χ3v) is 5.55. The number of pyridine rings is 1. The number of hydrogen-bond acceptors (Lipinski definition) is 5. The van der Waals surface area contributed by atoms with Crippen molar-refractivity contribution in [2.45, 2.75) is 44.5 Å². The van der Waals surface area contributed by atoms with Crippen molar-refractivity contribution in [2.24, 2.45) is 5.92 Å². The number of likely N-dealkylation sites (tertiary alicyclic amines) is 1. The van der Waals surface area contributed by atoms with Crippen LogP contribution < -0.4 is 0 Å². The minimum Gasteiger partial charge on any atom is -0.505 e. The van der Waals surface area contributed by atoms with Crippen molar-refractivity contribution in [3.05, 3.63) is 24.0 Å². The maximum Gasteiger partial charge on any atom is 0.258 e. The van der Waals surface area contributed by atoms with E-state index < -0.39 is 5.72 Å². The van der Waals surface area contributed by atoms with Crippen LogP contribution in [0.1, 0.15) is 37.0 Å². The van der Waals surface area contributed by atoms with Gasteiger partial charge in [0.25, 0.3) is 5.91 Å². The van der Waals surface area contributed by atoms with E-state index in [1.54, 1.807) is 4.90 Å². The van der Waals surface area contributed by atoms with E-state index in [1.807, 2.05) is 4.90 Å². The van der Waals surface area contributed by atoms with E-state index in [9.17, 15) is 14.7 Å². The SMILES string of the molecule is CC(C)[C@@H]1CO[C@@]23CCN(C(=O)c4ccncc4O)[C@@H]2CC(=O)N13. The van der Waals surface area contributed by atoms with Gasteiger partial charge in [-0.05, 0) is 12.0 Å². The zero-order chi connectivity index (χ0) is 17.1. The lowest BCUT2D eigenvalue weighted by molar-refractivity contribution is -0.139. The van der Waals surface area contributed by atoms with Crippen molar-refractivity contribution in [1.29, 1.82) is 0 Å². The fraction of sp³-hybridized carbons (Fsp3) is 0.588. The molecule has 3 saturated heterocycles. The van der Waals surface area contributed by atoms with Gasteiger partial charge in [0.05, 0.1) is 36.9 Å². The van der Waals surface area contributed by atoms with Crippen LogP contribution in [0.3, 0.4) is 0 Å². The Kier molecular flexibility index (Phi) is 3.32. The zero-order valence-electron chi connectivity index (χ0n) is 13.8. The minimum absolute atomic E-state index is 0.0488. The standard InChI is InChI=1S/C17H21N3O4/c1-10(2)12-9-24-17-4-6-19(14(17)7-15(22)20(12)17)16(23)11-3-5-18-8-13(11)21/h3,5,8,10,12,14,21H,4,6-7,9H2,1-2H3/t12-,14+,17-/m0/s1. The quantitative estimate of drug-likeness (QED) is 0.874. The second-order valence-electron chi connectivity index (χ2n) is 7.09. The fourth-order valence-corrected chi connectivity index (χ4v) is 4.34. The minimum atomic E-state index is -0.690. The Balaban J connectivity index is 1.66. The number of hydrogen-bond donors (Lipinski definition) is 1. The van der Waals surface area contributed by atoms with E-state index in [2.05, 4.69) is 18.8 Å². The smallest absolute Gasteiger partial charge is 0.258 e. The van der Waals surface area contributed by atoms with Crippen molar-refractivity contribution in [1.82, 2.24) is 14.8 Å². The van der Waals surface area contributed by atoms with Crippen LogP contribution in [0.15, 0.2) is 18.5 Å². The molecule has 0 unspecified atom stereocenters. The molecule has 1 spiro atoms. The summed E-state index contributed by atoms with van der Waals surface area (Å²) in [7, 11) is 0. The van der Waals surface area contributed by atoms with Gasteiger partial charge in [-0.15, -0.1) is 0 Å². The Morgan fingerprint density at radius 2 is 2.29 bits per heavy atom. The van der Waals surface area contributed by atoms with E-state index in [-0.39, 0.29) is 41.6 Å². The molecule has 128 valence electrons. The highest BCUT2D eigenvalue weighted by molar-refractivity contribution is 5.98. The number of aromatic hydroxyl groups is 1. The molecule has 0 bridgehead atoms. The number of carbonyl (C=O) groups is 2. The Labute approximate surface area is 140 Å². The molecule has 3 aliphatic heterocycles. The summed E-state index contributed by atoms with van der Waals surface area (Å²) in [6.07, 6.45) is 3.63. The number of ether oxygens (including phenoxy) is 1. The number of aromatic nitrogens is 1. The van der Waals surface area contributed by atoms with Crippen LogP contribution in [0.4, 0.5) is 0 Å². The summed E-state index contributed by atoms with van der Waals surface area (Å²) >= 11 is 0. The first-order valence-electron chi connectivity index (χ1n) is 8.36. The first-order valence-corrected chi connectivity index (χ1v) is 8.36. The summed E-state index contributed by atoms with van der Waals surface area (Å²) < 4.78 is 6.12. The molecule has 2 amide bonds. The van der Waals surface area contributed by atoms with Crippen molar-refractivity contribution < 1.29 is 19.4 Å². The summed E-state index contributed by atoms with van der Waals surface area (Å²) in [6.45, 7) is 5.20. The van der Waals surface area contributed by atoms with Gasteiger partial charge in [-0.2, -0.15) is 0 Å². The monoisotopic (exact) mass is 331 g/mol. The molecule has 24 heavy (non-hydrogen) atoms. The molecule has 1 aromatic rings. The zero-order valence-corrected chi connectivity index (χ0v) is 13.8. The molecule has 7 heteroatoms. The lowest BCUT2D eigenvalue weighted by atomic mass is 10.0. The Morgan fingerprint density at radius 3 is 3.00 bits per heavy atom. The molecular weight excluding hydrogens is 310 g/mol. The highest BCUT2D eigenvalue weighted by Crippen LogP contribution is 2.49.